The third-order valence-electron chi connectivity index (χ3n) is 6.30. The Morgan fingerprint density at radius 1 is 1.15 bits per heavy atom. The zero-order valence-corrected chi connectivity index (χ0v) is 18.6. The average Bonchev–Trinajstić information content (AvgIpc) is 3.28. The monoisotopic (exact) mass is 495 g/mol. The molecule has 2 N–H and O–H groups in total. The molecule has 1 amide bonds. The number of anilines is 1. The summed E-state index contributed by atoms with van der Waals surface area (Å²) in [6.07, 6.45) is -4.84. The van der Waals surface area contributed by atoms with E-state index in [1.165, 1.54) is 24.1 Å². The maximum atomic E-state index is 14.7. The lowest BCUT2D eigenvalue weighted by Gasteiger charge is -2.34. The van der Waals surface area contributed by atoms with Gasteiger partial charge in [0.2, 0.25) is 0 Å². The van der Waals surface area contributed by atoms with E-state index >= 15 is 0 Å². The van der Waals surface area contributed by atoms with Crippen molar-refractivity contribution in [2.75, 3.05) is 19.4 Å². The topological polar surface area (TPSA) is 77.7 Å². The van der Waals surface area contributed by atoms with Gasteiger partial charge in [-0.3, -0.25) is 4.79 Å². The number of nitrogen functional groups attached to an aromatic ring is 1. The van der Waals surface area contributed by atoms with E-state index in [2.05, 4.69) is 4.98 Å². The van der Waals surface area contributed by atoms with Crippen molar-refractivity contribution in [3.63, 3.8) is 0 Å². The van der Waals surface area contributed by atoms with Gasteiger partial charge in [-0.1, -0.05) is 17.7 Å². The maximum Gasteiger partial charge on any atom is 0.419 e. The first kappa shape index (κ1) is 22.8. The second-order valence-electron chi connectivity index (χ2n) is 8.24. The van der Waals surface area contributed by atoms with Crippen LogP contribution in [0.1, 0.15) is 44.2 Å². The Morgan fingerprint density at radius 3 is 2.59 bits per heavy atom. The van der Waals surface area contributed by atoms with Gasteiger partial charge in [-0.25, -0.2) is 9.37 Å². The van der Waals surface area contributed by atoms with Crippen LogP contribution < -0.4 is 5.73 Å². The van der Waals surface area contributed by atoms with Crippen molar-refractivity contribution in [2.24, 2.45) is 0 Å². The first-order valence-corrected chi connectivity index (χ1v) is 10.7. The van der Waals surface area contributed by atoms with Gasteiger partial charge in [0.1, 0.15) is 11.6 Å². The molecule has 0 saturated heterocycles. The smallest absolute Gasteiger partial charge is 0.383 e. The number of aromatic nitrogens is 1. The van der Waals surface area contributed by atoms with Gasteiger partial charge in [0.05, 0.1) is 54.1 Å². The van der Waals surface area contributed by atoms with Crippen LogP contribution in [0.4, 0.5) is 23.4 Å². The van der Waals surface area contributed by atoms with Gasteiger partial charge in [0.15, 0.2) is 0 Å². The fourth-order valence-electron chi connectivity index (χ4n) is 4.48. The molecule has 0 aliphatic carbocycles. The first-order valence-electron chi connectivity index (χ1n) is 10.3. The molecule has 1 atom stereocenters. The Balaban J connectivity index is 1.54. The third-order valence-corrected chi connectivity index (χ3v) is 6.61. The van der Waals surface area contributed by atoms with E-state index in [4.69, 9.17) is 26.8 Å². The second-order valence-corrected chi connectivity index (χ2v) is 8.64. The highest BCUT2D eigenvalue weighted by atomic mass is 35.5. The highest BCUT2D eigenvalue weighted by molar-refractivity contribution is 6.34. The van der Waals surface area contributed by atoms with E-state index in [9.17, 15) is 22.4 Å². The van der Waals surface area contributed by atoms with Crippen LogP contribution in [0.25, 0.3) is 10.9 Å². The van der Waals surface area contributed by atoms with Crippen molar-refractivity contribution in [2.45, 2.75) is 32.0 Å². The van der Waals surface area contributed by atoms with E-state index < -0.39 is 29.5 Å². The Kier molecular flexibility index (Phi) is 5.42. The van der Waals surface area contributed by atoms with Gasteiger partial charge in [-0.2, -0.15) is 13.2 Å². The standard InChI is InChI=1S/C23H18ClF4N3O3/c1-31(19-9-34-7-14-10(19)2-3-16(20(14)25)23(26,27)28)22(32)12-4-11-13-6-33-8-15(13)21(29)30-18(11)5-17(12)24/h2-5,19H,6-9H2,1H3,(H2,29,30)/t19-/m1/s1. The zero-order chi connectivity index (χ0) is 24.4. The van der Waals surface area contributed by atoms with E-state index in [1.807, 2.05) is 0 Å². The van der Waals surface area contributed by atoms with Gasteiger partial charge in [0.25, 0.3) is 5.91 Å². The summed E-state index contributed by atoms with van der Waals surface area (Å²) in [4.78, 5) is 19.1. The molecule has 3 aromatic rings. The predicted octanol–water partition coefficient (Wildman–Crippen LogP) is 5.00. The number of alkyl halides is 3. The normalized spacial score (nSPS) is 17.5. The summed E-state index contributed by atoms with van der Waals surface area (Å²) in [6, 6.07) is 4.21. The molecular weight excluding hydrogens is 478 g/mol. The molecule has 3 heterocycles. The van der Waals surface area contributed by atoms with E-state index in [0.717, 1.165) is 11.1 Å². The van der Waals surface area contributed by atoms with E-state index in [0.29, 0.717) is 36.0 Å². The molecular formula is C23H18ClF4N3O3. The number of fused-ring (bicyclic) bond motifs is 4. The number of likely N-dealkylation sites (N-methyl/N-ethyl adjacent to an activating group) is 1. The number of nitrogens with zero attached hydrogens (tertiary/aromatic N) is 2. The highest BCUT2D eigenvalue weighted by Crippen LogP contribution is 2.39. The molecule has 178 valence electrons. The molecule has 2 aromatic carbocycles. The largest absolute Gasteiger partial charge is 0.419 e. The van der Waals surface area contributed by atoms with Crippen LogP contribution >= 0.6 is 11.6 Å². The molecule has 11 heteroatoms. The molecule has 5 rings (SSSR count). The lowest BCUT2D eigenvalue weighted by molar-refractivity contribution is -0.140. The Hall–Kier alpha value is -2.95. The molecule has 0 unspecified atom stereocenters. The Morgan fingerprint density at radius 2 is 1.85 bits per heavy atom. The van der Waals surface area contributed by atoms with Crippen LogP contribution in [0.15, 0.2) is 24.3 Å². The summed E-state index contributed by atoms with van der Waals surface area (Å²) < 4.78 is 64.9. The molecule has 0 saturated carbocycles. The van der Waals surface area contributed by atoms with E-state index in [-0.39, 0.29) is 34.9 Å². The van der Waals surface area contributed by atoms with Crippen molar-refractivity contribution < 1.29 is 31.8 Å². The van der Waals surface area contributed by atoms with Crippen LogP contribution in [0.5, 0.6) is 0 Å². The molecule has 0 radical (unpaired) electrons. The summed E-state index contributed by atoms with van der Waals surface area (Å²) in [5.41, 5.74) is 6.93. The van der Waals surface area contributed by atoms with Gasteiger partial charge in [0, 0.05) is 23.6 Å². The summed E-state index contributed by atoms with van der Waals surface area (Å²) >= 11 is 6.40. The lowest BCUT2D eigenvalue weighted by Crippen LogP contribution is -2.37. The van der Waals surface area contributed by atoms with Crippen molar-refractivity contribution in [1.82, 2.24) is 9.88 Å². The summed E-state index contributed by atoms with van der Waals surface area (Å²) in [6.45, 7) is 0.304. The fraction of sp³-hybridized carbons (Fsp3) is 0.304. The summed E-state index contributed by atoms with van der Waals surface area (Å²) in [5.74, 6) is -1.56. The van der Waals surface area contributed by atoms with Crippen molar-refractivity contribution in [3.8, 4) is 0 Å². The number of carbonyl (C=O) groups is 1. The SMILES string of the molecule is CN(C(=O)c1cc2c3c(c(N)nc2cc1Cl)COC3)[C@@H]1COCc2c1ccc(C(F)(F)F)c2F. The molecule has 2 aliphatic heterocycles. The molecule has 0 bridgehead atoms. The lowest BCUT2D eigenvalue weighted by atomic mass is 9.94. The van der Waals surface area contributed by atoms with Gasteiger partial charge >= 0.3 is 6.18 Å². The average molecular weight is 496 g/mol. The molecule has 2 aliphatic rings. The second kappa shape index (κ2) is 8.07. The number of halogens is 5. The minimum Gasteiger partial charge on any atom is -0.383 e. The van der Waals surface area contributed by atoms with Crippen LogP contribution in [0.3, 0.4) is 0 Å². The maximum absolute atomic E-state index is 14.7. The third kappa shape index (κ3) is 3.57. The molecule has 6 nitrogen and oxygen atoms in total. The number of amides is 1. The van der Waals surface area contributed by atoms with Crippen LogP contribution in [0.2, 0.25) is 5.02 Å². The number of hydrogen-bond donors (Lipinski definition) is 1. The van der Waals surface area contributed by atoms with Crippen molar-refractivity contribution in [1.29, 1.82) is 0 Å². The van der Waals surface area contributed by atoms with E-state index in [1.54, 1.807) is 6.07 Å². The van der Waals surface area contributed by atoms with Crippen molar-refractivity contribution >= 4 is 34.2 Å². The summed E-state index contributed by atoms with van der Waals surface area (Å²) in [5, 5.41) is 0.801. The van der Waals surface area contributed by atoms with Crippen LogP contribution in [0, 0.1) is 5.82 Å². The Labute approximate surface area is 196 Å². The zero-order valence-electron chi connectivity index (χ0n) is 17.8. The number of benzene rings is 2. The van der Waals surface area contributed by atoms with Crippen LogP contribution in [-0.4, -0.2) is 29.4 Å². The highest BCUT2D eigenvalue weighted by Gasteiger charge is 2.38. The van der Waals surface area contributed by atoms with Crippen LogP contribution in [-0.2, 0) is 35.5 Å². The predicted molar refractivity (Wildman–Crippen MR) is 116 cm³/mol. The number of pyridine rings is 1. The number of rotatable bonds is 2. The molecule has 34 heavy (non-hydrogen) atoms. The number of hydrogen-bond acceptors (Lipinski definition) is 5. The fourth-order valence-corrected chi connectivity index (χ4v) is 4.72. The molecule has 1 aromatic heterocycles. The van der Waals surface area contributed by atoms with Gasteiger partial charge in [-0.05, 0) is 29.3 Å². The summed E-state index contributed by atoms with van der Waals surface area (Å²) in [7, 11) is 1.47. The quantitative estimate of drug-likeness (QED) is 0.506. The number of carbonyl (C=O) groups excluding carboxylic acids is 1. The first-order chi connectivity index (χ1) is 16.1. The molecule has 0 fully saturated rings. The number of ether oxygens (including phenoxy) is 2. The molecule has 0 spiro atoms. The minimum absolute atomic E-state index is 0.00737. The Bertz CT molecular complexity index is 1350. The van der Waals surface area contributed by atoms with Gasteiger partial charge < -0.3 is 20.1 Å². The van der Waals surface area contributed by atoms with Gasteiger partial charge in [-0.15, -0.1) is 0 Å². The minimum atomic E-state index is -4.84. The number of nitrogens with two attached hydrogens (primary N) is 1. The van der Waals surface area contributed by atoms with Crippen molar-refractivity contribution in [3.05, 3.63) is 68.5 Å².